The van der Waals surface area contributed by atoms with Gasteiger partial charge in [-0.1, -0.05) is 42.5 Å². The summed E-state index contributed by atoms with van der Waals surface area (Å²) in [6.07, 6.45) is -4.25. The first-order valence-corrected chi connectivity index (χ1v) is 5.71. The van der Waals surface area contributed by atoms with Crippen molar-refractivity contribution < 1.29 is 18.0 Å². The van der Waals surface area contributed by atoms with Crippen molar-refractivity contribution in [1.82, 2.24) is 0 Å². The normalized spacial score (nSPS) is 11.3. The van der Waals surface area contributed by atoms with Crippen LogP contribution in [0.5, 0.6) is 0 Å². The van der Waals surface area contributed by atoms with Crippen LogP contribution in [0, 0.1) is 0 Å². The number of benzene rings is 2. The molecule has 0 spiro atoms. The SMILES string of the molecule is O=C(Cc1ccc(C(F)(F)F)cc1)c1ccccc1. The van der Waals surface area contributed by atoms with Crippen LogP contribution in [-0.2, 0) is 12.6 Å². The number of halogens is 3. The molecule has 0 saturated heterocycles. The van der Waals surface area contributed by atoms with Crippen LogP contribution in [0.1, 0.15) is 21.5 Å². The first kappa shape index (κ1) is 13.3. The Hall–Kier alpha value is -2.10. The number of alkyl halides is 3. The molecule has 2 aromatic carbocycles. The number of carbonyl (C=O) groups excluding carboxylic acids is 1. The summed E-state index contributed by atoms with van der Waals surface area (Å²) in [6.45, 7) is 0. The van der Waals surface area contributed by atoms with Crippen LogP contribution in [-0.4, -0.2) is 5.78 Å². The molecule has 0 aliphatic rings. The van der Waals surface area contributed by atoms with E-state index in [9.17, 15) is 18.0 Å². The third-order valence-corrected chi connectivity index (χ3v) is 2.74. The van der Waals surface area contributed by atoms with Gasteiger partial charge in [0.2, 0.25) is 0 Å². The van der Waals surface area contributed by atoms with E-state index in [0.717, 1.165) is 12.1 Å². The highest BCUT2D eigenvalue weighted by Crippen LogP contribution is 2.29. The van der Waals surface area contributed by atoms with Gasteiger partial charge in [0, 0.05) is 12.0 Å². The van der Waals surface area contributed by atoms with Crippen molar-refractivity contribution in [3.63, 3.8) is 0 Å². The summed E-state index contributed by atoms with van der Waals surface area (Å²) >= 11 is 0. The third-order valence-electron chi connectivity index (χ3n) is 2.74. The molecule has 0 atom stereocenters. The summed E-state index contributed by atoms with van der Waals surface area (Å²) < 4.78 is 37.1. The molecule has 98 valence electrons. The molecule has 0 saturated carbocycles. The molecule has 0 radical (unpaired) electrons. The number of rotatable bonds is 3. The zero-order valence-electron chi connectivity index (χ0n) is 9.95. The molecule has 1 nitrogen and oxygen atoms in total. The molecular weight excluding hydrogens is 253 g/mol. The molecule has 2 aromatic rings. The van der Waals surface area contributed by atoms with E-state index in [4.69, 9.17) is 0 Å². The van der Waals surface area contributed by atoms with Crippen LogP contribution in [0.3, 0.4) is 0 Å². The fourth-order valence-electron chi connectivity index (χ4n) is 1.72. The average molecular weight is 264 g/mol. The fourth-order valence-corrected chi connectivity index (χ4v) is 1.72. The van der Waals surface area contributed by atoms with Gasteiger partial charge in [-0.15, -0.1) is 0 Å². The summed E-state index contributed by atoms with van der Waals surface area (Å²) in [5, 5.41) is 0. The number of hydrogen-bond donors (Lipinski definition) is 0. The summed E-state index contributed by atoms with van der Waals surface area (Å²) in [7, 11) is 0. The smallest absolute Gasteiger partial charge is 0.294 e. The second kappa shape index (κ2) is 5.26. The van der Waals surface area contributed by atoms with Crippen LogP contribution < -0.4 is 0 Å². The predicted octanol–water partition coefficient (Wildman–Crippen LogP) is 4.13. The minimum Gasteiger partial charge on any atom is -0.294 e. The minimum atomic E-state index is -4.35. The van der Waals surface area contributed by atoms with Gasteiger partial charge in [-0.3, -0.25) is 4.79 Å². The van der Waals surface area contributed by atoms with Crippen molar-refractivity contribution in [2.75, 3.05) is 0 Å². The van der Waals surface area contributed by atoms with Crippen molar-refractivity contribution >= 4 is 5.78 Å². The summed E-state index contributed by atoms with van der Waals surface area (Å²) in [6, 6.07) is 13.3. The minimum absolute atomic E-state index is 0.0994. The van der Waals surface area contributed by atoms with E-state index in [-0.39, 0.29) is 12.2 Å². The van der Waals surface area contributed by atoms with Gasteiger partial charge in [0.25, 0.3) is 0 Å². The molecule has 0 unspecified atom stereocenters. The highest BCUT2D eigenvalue weighted by atomic mass is 19.4. The lowest BCUT2D eigenvalue weighted by Crippen LogP contribution is -2.06. The molecule has 4 heteroatoms. The van der Waals surface area contributed by atoms with Gasteiger partial charge in [0.15, 0.2) is 5.78 Å². The third kappa shape index (κ3) is 3.44. The Morgan fingerprint density at radius 3 is 2.00 bits per heavy atom. The molecule has 19 heavy (non-hydrogen) atoms. The van der Waals surface area contributed by atoms with Crippen molar-refractivity contribution in [2.45, 2.75) is 12.6 Å². The fraction of sp³-hybridized carbons (Fsp3) is 0.133. The molecule has 0 aliphatic heterocycles. The van der Waals surface area contributed by atoms with Gasteiger partial charge >= 0.3 is 6.18 Å². The second-order valence-corrected chi connectivity index (χ2v) is 4.16. The first-order chi connectivity index (χ1) is 8.97. The predicted molar refractivity (Wildman–Crippen MR) is 65.9 cm³/mol. The van der Waals surface area contributed by atoms with Crippen LogP contribution in [0.2, 0.25) is 0 Å². The molecule has 2 rings (SSSR count). The Labute approximate surface area is 108 Å². The maximum atomic E-state index is 12.4. The van der Waals surface area contributed by atoms with Crippen molar-refractivity contribution in [3.8, 4) is 0 Å². The lowest BCUT2D eigenvalue weighted by Gasteiger charge is -2.07. The van der Waals surface area contributed by atoms with Crippen molar-refractivity contribution in [1.29, 1.82) is 0 Å². The van der Waals surface area contributed by atoms with E-state index in [1.165, 1.54) is 12.1 Å². The lowest BCUT2D eigenvalue weighted by molar-refractivity contribution is -0.137. The maximum Gasteiger partial charge on any atom is 0.416 e. The van der Waals surface area contributed by atoms with Crippen LogP contribution >= 0.6 is 0 Å². The van der Waals surface area contributed by atoms with Crippen molar-refractivity contribution in [3.05, 3.63) is 71.3 Å². The highest BCUT2D eigenvalue weighted by molar-refractivity contribution is 5.97. The van der Waals surface area contributed by atoms with E-state index in [0.29, 0.717) is 11.1 Å². The molecule has 0 fully saturated rings. The molecule has 0 aromatic heterocycles. The van der Waals surface area contributed by atoms with E-state index in [2.05, 4.69) is 0 Å². The Balaban J connectivity index is 2.10. The molecule has 0 amide bonds. The second-order valence-electron chi connectivity index (χ2n) is 4.16. The summed E-state index contributed by atoms with van der Waals surface area (Å²) in [4.78, 5) is 11.9. The average Bonchev–Trinajstić information content (AvgIpc) is 2.39. The molecule has 0 bridgehead atoms. The van der Waals surface area contributed by atoms with Gasteiger partial charge in [0.05, 0.1) is 5.56 Å². The Bertz CT molecular complexity index is 556. The van der Waals surface area contributed by atoms with Gasteiger partial charge < -0.3 is 0 Å². The number of hydrogen-bond acceptors (Lipinski definition) is 1. The molecule has 0 heterocycles. The van der Waals surface area contributed by atoms with Crippen LogP contribution in [0.15, 0.2) is 54.6 Å². The van der Waals surface area contributed by atoms with Crippen LogP contribution in [0.25, 0.3) is 0 Å². The Morgan fingerprint density at radius 1 is 0.895 bits per heavy atom. The van der Waals surface area contributed by atoms with E-state index >= 15 is 0 Å². The largest absolute Gasteiger partial charge is 0.416 e. The number of Topliss-reactive ketones (excluding diaryl/α,β-unsaturated/α-hetero) is 1. The first-order valence-electron chi connectivity index (χ1n) is 5.71. The monoisotopic (exact) mass is 264 g/mol. The molecule has 0 N–H and O–H groups in total. The molecular formula is C15H11F3O. The number of ketones is 1. The number of carbonyl (C=O) groups is 1. The van der Waals surface area contributed by atoms with Crippen molar-refractivity contribution in [2.24, 2.45) is 0 Å². The zero-order chi connectivity index (χ0) is 13.9. The summed E-state index contributed by atoms with van der Waals surface area (Å²) in [5.74, 6) is -0.111. The molecule has 0 aliphatic carbocycles. The Kier molecular flexibility index (Phi) is 3.69. The van der Waals surface area contributed by atoms with E-state index in [1.54, 1.807) is 30.3 Å². The van der Waals surface area contributed by atoms with Gasteiger partial charge in [0.1, 0.15) is 0 Å². The Morgan fingerprint density at radius 2 is 1.47 bits per heavy atom. The van der Waals surface area contributed by atoms with Gasteiger partial charge in [-0.05, 0) is 17.7 Å². The highest BCUT2D eigenvalue weighted by Gasteiger charge is 2.29. The van der Waals surface area contributed by atoms with E-state index in [1.807, 2.05) is 0 Å². The topological polar surface area (TPSA) is 17.1 Å². The summed E-state index contributed by atoms with van der Waals surface area (Å²) in [5.41, 5.74) is 0.424. The van der Waals surface area contributed by atoms with E-state index < -0.39 is 11.7 Å². The zero-order valence-corrected chi connectivity index (χ0v) is 9.95. The quantitative estimate of drug-likeness (QED) is 0.762. The maximum absolute atomic E-state index is 12.4. The van der Waals surface area contributed by atoms with Crippen LogP contribution in [0.4, 0.5) is 13.2 Å². The standard InChI is InChI=1S/C15H11F3O/c16-15(17,18)13-8-6-11(7-9-13)10-14(19)12-4-2-1-3-5-12/h1-9H,10H2. The van der Waals surface area contributed by atoms with Gasteiger partial charge in [-0.25, -0.2) is 0 Å². The lowest BCUT2D eigenvalue weighted by atomic mass is 10.0. The van der Waals surface area contributed by atoms with Gasteiger partial charge in [-0.2, -0.15) is 13.2 Å².